The Morgan fingerprint density at radius 3 is 2.38 bits per heavy atom. The molecule has 0 bridgehead atoms. The monoisotopic (exact) mass is 398 g/mol. The summed E-state index contributed by atoms with van der Waals surface area (Å²) in [5, 5.41) is 3.05. The summed E-state index contributed by atoms with van der Waals surface area (Å²) in [4.78, 5) is 12.0. The van der Waals surface area contributed by atoms with E-state index in [2.05, 4.69) is 5.32 Å². The number of nitrogens with one attached hydrogen (secondary N) is 1. The molecule has 0 saturated heterocycles. The summed E-state index contributed by atoms with van der Waals surface area (Å²) in [7, 11) is -0.366. The summed E-state index contributed by atoms with van der Waals surface area (Å²) in [6.07, 6.45) is 1.12. The summed E-state index contributed by atoms with van der Waals surface area (Å²) in [6.45, 7) is -0.203. The van der Waals surface area contributed by atoms with Gasteiger partial charge in [0.25, 0.3) is 5.91 Å². The van der Waals surface area contributed by atoms with E-state index in [4.69, 9.17) is 21.1 Å². The number of benzene rings is 2. The summed E-state index contributed by atoms with van der Waals surface area (Å²) in [5.74, 6) is 0.599. The van der Waals surface area contributed by atoms with Crippen LogP contribution in [0, 0.1) is 0 Å². The minimum atomic E-state index is -3.33. The molecule has 2 aromatic rings. The van der Waals surface area contributed by atoms with Crippen LogP contribution in [0.15, 0.2) is 42.5 Å². The molecule has 0 radical (unpaired) electrons. The number of carbonyl (C=O) groups excluding carboxylic acids is 1. The van der Waals surface area contributed by atoms with Crippen LogP contribution in [0.1, 0.15) is 0 Å². The standard InChI is InChI=1S/C17H19ClN2O5S/c1-20(26(3,22)23)13-5-7-14(8-6-13)25-11-17(21)19-12-4-9-16(24-2)15(18)10-12/h4-10H,11H2,1-3H3,(H,19,21). The van der Waals surface area contributed by atoms with E-state index in [1.54, 1.807) is 42.5 Å². The fraction of sp³-hybridized carbons (Fsp3) is 0.235. The Kier molecular flexibility index (Phi) is 6.33. The van der Waals surface area contributed by atoms with Gasteiger partial charge in [-0.05, 0) is 42.5 Å². The third kappa shape index (κ3) is 5.27. The van der Waals surface area contributed by atoms with Gasteiger partial charge in [0.2, 0.25) is 10.0 Å². The van der Waals surface area contributed by atoms with Crippen LogP contribution in [-0.4, -0.2) is 41.3 Å². The second-order valence-electron chi connectivity index (χ2n) is 5.41. The molecular weight excluding hydrogens is 380 g/mol. The van der Waals surface area contributed by atoms with E-state index in [1.165, 1.54) is 14.2 Å². The van der Waals surface area contributed by atoms with Crippen molar-refractivity contribution in [2.75, 3.05) is 36.6 Å². The lowest BCUT2D eigenvalue weighted by Crippen LogP contribution is -2.24. The molecule has 0 fully saturated rings. The van der Waals surface area contributed by atoms with Gasteiger partial charge in [0.05, 0.1) is 24.1 Å². The van der Waals surface area contributed by atoms with E-state index in [9.17, 15) is 13.2 Å². The first-order valence-corrected chi connectivity index (χ1v) is 9.73. The van der Waals surface area contributed by atoms with Crippen molar-refractivity contribution in [3.63, 3.8) is 0 Å². The molecular formula is C17H19ClN2O5S. The maximum absolute atomic E-state index is 12.0. The molecule has 0 saturated carbocycles. The molecule has 0 atom stereocenters. The Morgan fingerprint density at radius 1 is 1.19 bits per heavy atom. The van der Waals surface area contributed by atoms with E-state index >= 15 is 0 Å². The molecule has 7 nitrogen and oxygen atoms in total. The lowest BCUT2D eigenvalue weighted by atomic mass is 10.3. The number of sulfonamides is 1. The highest BCUT2D eigenvalue weighted by molar-refractivity contribution is 7.92. The van der Waals surface area contributed by atoms with Gasteiger partial charge in [-0.1, -0.05) is 11.6 Å². The zero-order valence-corrected chi connectivity index (χ0v) is 16.1. The Morgan fingerprint density at radius 2 is 1.85 bits per heavy atom. The molecule has 0 unspecified atom stereocenters. The summed E-state index contributed by atoms with van der Waals surface area (Å²) in [5.41, 5.74) is 1.02. The van der Waals surface area contributed by atoms with Gasteiger partial charge in [-0.25, -0.2) is 8.42 Å². The fourth-order valence-corrected chi connectivity index (χ4v) is 2.80. The average Bonchev–Trinajstić information content (AvgIpc) is 2.59. The van der Waals surface area contributed by atoms with E-state index < -0.39 is 10.0 Å². The molecule has 1 N–H and O–H groups in total. The maximum atomic E-state index is 12.0. The van der Waals surface area contributed by atoms with Gasteiger partial charge in [0.15, 0.2) is 6.61 Å². The average molecular weight is 399 g/mol. The van der Waals surface area contributed by atoms with Crippen molar-refractivity contribution in [2.45, 2.75) is 0 Å². The van der Waals surface area contributed by atoms with Crippen LogP contribution in [0.25, 0.3) is 0 Å². The lowest BCUT2D eigenvalue weighted by Gasteiger charge is -2.16. The van der Waals surface area contributed by atoms with Crippen molar-refractivity contribution in [1.29, 1.82) is 0 Å². The number of hydrogen-bond donors (Lipinski definition) is 1. The number of methoxy groups -OCH3 is 1. The second-order valence-corrected chi connectivity index (χ2v) is 7.83. The lowest BCUT2D eigenvalue weighted by molar-refractivity contribution is -0.118. The SMILES string of the molecule is COc1ccc(NC(=O)COc2ccc(N(C)S(C)(=O)=O)cc2)cc1Cl. The van der Waals surface area contributed by atoms with Crippen molar-refractivity contribution >= 4 is 38.9 Å². The molecule has 26 heavy (non-hydrogen) atoms. The van der Waals surface area contributed by atoms with Crippen LogP contribution in [0.3, 0.4) is 0 Å². The largest absolute Gasteiger partial charge is 0.495 e. The van der Waals surface area contributed by atoms with Crippen LogP contribution in [0.5, 0.6) is 11.5 Å². The van der Waals surface area contributed by atoms with E-state index in [0.717, 1.165) is 10.6 Å². The van der Waals surface area contributed by atoms with Gasteiger partial charge < -0.3 is 14.8 Å². The van der Waals surface area contributed by atoms with Crippen molar-refractivity contribution in [3.8, 4) is 11.5 Å². The number of anilines is 2. The molecule has 0 aliphatic carbocycles. The van der Waals surface area contributed by atoms with Crippen LogP contribution < -0.4 is 19.1 Å². The first-order valence-electron chi connectivity index (χ1n) is 7.51. The maximum Gasteiger partial charge on any atom is 0.262 e. The zero-order valence-electron chi connectivity index (χ0n) is 14.5. The summed E-state index contributed by atoms with van der Waals surface area (Å²) in [6, 6.07) is 11.3. The molecule has 0 aromatic heterocycles. The Balaban J connectivity index is 1.92. The van der Waals surface area contributed by atoms with Crippen LogP contribution >= 0.6 is 11.6 Å². The van der Waals surface area contributed by atoms with Gasteiger partial charge in [-0.3, -0.25) is 9.10 Å². The molecule has 2 aromatic carbocycles. The molecule has 0 spiro atoms. The molecule has 1 amide bonds. The van der Waals surface area contributed by atoms with Crippen LogP contribution in [-0.2, 0) is 14.8 Å². The quantitative estimate of drug-likeness (QED) is 0.775. The third-order valence-corrected chi connectivity index (χ3v) is 5.00. The van der Waals surface area contributed by atoms with Crippen molar-refractivity contribution < 1.29 is 22.7 Å². The number of amides is 1. The minimum Gasteiger partial charge on any atom is -0.495 e. The van der Waals surface area contributed by atoms with Crippen molar-refractivity contribution in [3.05, 3.63) is 47.5 Å². The topological polar surface area (TPSA) is 84.9 Å². The molecule has 140 valence electrons. The van der Waals surface area contributed by atoms with Crippen molar-refractivity contribution in [2.24, 2.45) is 0 Å². The number of hydrogen-bond acceptors (Lipinski definition) is 5. The number of halogens is 1. The zero-order chi connectivity index (χ0) is 19.3. The van der Waals surface area contributed by atoms with Crippen molar-refractivity contribution in [1.82, 2.24) is 0 Å². The van der Waals surface area contributed by atoms with Gasteiger partial charge in [-0.15, -0.1) is 0 Å². The van der Waals surface area contributed by atoms with Gasteiger partial charge in [-0.2, -0.15) is 0 Å². The number of rotatable bonds is 7. The molecule has 2 rings (SSSR count). The first kappa shape index (κ1) is 19.9. The highest BCUT2D eigenvalue weighted by Crippen LogP contribution is 2.27. The number of carbonyl (C=O) groups is 1. The first-order chi connectivity index (χ1) is 12.2. The van der Waals surface area contributed by atoms with E-state index in [0.29, 0.717) is 27.9 Å². The second kappa shape index (κ2) is 8.29. The van der Waals surface area contributed by atoms with E-state index in [-0.39, 0.29) is 12.5 Å². The fourth-order valence-electron chi connectivity index (χ4n) is 2.03. The van der Waals surface area contributed by atoms with Crippen LogP contribution in [0.4, 0.5) is 11.4 Å². The summed E-state index contributed by atoms with van der Waals surface area (Å²) < 4.78 is 34.6. The molecule has 9 heteroatoms. The van der Waals surface area contributed by atoms with Gasteiger partial charge in [0, 0.05) is 12.7 Å². The van der Waals surface area contributed by atoms with Gasteiger partial charge in [0.1, 0.15) is 11.5 Å². The van der Waals surface area contributed by atoms with Crippen LogP contribution in [0.2, 0.25) is 5.02 Å². The molecule has 0 heterocycles. The molecule has 0 aliphatic rings. The highest BCUT2D eigenvalue weighted by atomic mass is 35.5. The Hall–Kier alpha value is -2.45. The number of ether oxygens (including phenoxy) is 2. The normalized spacial score (nSPS) is 10.9. The Labute approximate surface area is 157 Å². The van der Waals surface area contributed by atoms with E-state index in [1.807, 2.05) is 0 Å². The summed E-state index contributed by atoms with van der Waals surface area (Å²) >= 11 is 6.00. The Bertz CT molecular complexity index is 885. The third-order valence-electron chi connectivity index (χ3n) is 3.50. The smallest absolute Gasteiger partial charge is 0.262 e. The molecule has 0 aliphatic heterocycles. The number of nitrogens with zero attached hydrogens (tertiary/aromatic N) is 1. The van der Waals surface area contributed by atoms with Gasteiger partial charge >= 0.3 is 0 Å². The predicted octanol–water partition coefficient (Wildman–Crippen LogP) is 2.76. The predicted molar refractivity (Wildman–Crippen MR) is 102 cm³/mol. The minimum absolute atomic E-state index is 0.203. The highest BCUT2D eigenvalue weighted by Gasteiger charge is 2.12.